The van der Waals surface area contributed by atoms with Crippen LogP contribution in [0.4, 0.5) is 0 Å². The van der Waals surface area contributed by atoms with Crippen molar-refractivity contribution in [2.45, 2.75) is 12.7 Å². The zero-order valence-electron chi connectivity index (χ0n) is 5.97. The van der Waals surface area contributed by atoms with Crippen molar-refractivity contribution in [1.82, 2.24) is 0 Å². The monoisotopic (exact) mass is 275 g/mol. The van der Waals surface area contributed by atoms with E-state index in [9.17, 15) is 0 Å². The van der Waals surface area contributed by atoms with Gasteiger partial charge in [-0.25, -0.2) is 0 Å². The van der Waals surface area contributed by atoms with Crippen molar-refractivity contribution in [3.63, 3.8) is 0 Å². The summed E-state index contributed by atoms with van der Waals surface area (Å²) in [6.45, 7) is 0.121. The lowest BCUT2D eigenvalue weighted by Crippen LogP contribution is -1.90. The van der Waals surface area contributed by atoms with E-state index in [0.29, 0.717) is 0 Å². The van der Waals surface area contributed by atoms with E-state index < -0.39 is 0 Å². The third kappa shape index (κ3) is 2.57. The Labute approximate surface area is 83.4 Å². The number of aliphatic hydroxyl groups is 1. The van der Waals surface area contributed by atoms with E-state index in [4.69, 9.17) is 5.11 Å². The van der Waals surface area contributed by atoms with E-state index in [-0.39, 0.29) is 6.61 Å². The first-order chi connectivity index (χ1) is 5.26. The van der Waals surface area contributed by atoms with Crippen LogP contribution in [0.25, 0.3) is 0 Å². The first-order valence-corrected chi connectivity index (χ1v) is 5.08. The van der Waals surface area contributed by atoms with Gasteiger partial charge in [-0.15, -0.1) is 0 Å². The molecule has 1 N–H and O–H groups in total. The second-order valence-corrected chi connectivity index (χ2v) is 3.90. The number of aliphatic hydroxyl groups excluding tert-OH is 1. The van der Waals surface area contributed by atoms with E-state index in [0.717, 1.165) is 11.6 Å². The van der Waals surface area contributed by atoms with Crippen LogP contribution in [0.2, 0.25) is 0 Å². The van der Waals surface area contributed by atoms with Crippen molar-refractivity contribution < 1.29 is 5.11 Å². The summed E-state index contributed by atoms with van der Waals surface area (Å²) in [5.41, 5.74) is 2.18. The highest BCUT2D eigenvalue weighted by molar-refractivity contribution is 14.1. The molecule has 11 heavy (non-hydrogen) atoms. The third-order valence-electron chi connectivity index (χ3n) is 1.40. The molecule has 57 valence electrons. The first kappa shape index (κ1) is 9.22. The molecule has 0 saturated carbocycles. The molecule has 1 aromatic carbocycles. The van der Waals surface area contributed by atoms with Gasteiger partial charge < -0.3 is 5.11 Å². The maximum absolute atomic E-state index is 8.86. The summed E-state index contributed by atoms with van der Waals surface area (Å²) < 4.78 is 1.17. The van der Waals surface area contributed by atoms with Crippen LogP contribution in [-0.4, -0.2) is 15.3 Å². The Kier molecular flexibility index (Phi) is 3.54. The summed E-state index contributed by atoms with van der Waals surface area (Å²) in [4.78, 5) is 0. The van der Waals surface area contributed by atoms with Crippen LogP contribution in [0.5, 0.6) is 0 Å². The molecule has 3 radical (unpaired) electrons. The Bertz CT molecular complexity index is 228. The zero-order valence-corrected chi connectivity index (χ0v) is 9.13. The minimum atomic E-state index is 0.121. The quantitative estimate of drug-likeness (QED) is 0.640. The van der Waals surface area contributed by atoms with Crippen LogP contribution < -0.4 is 0 Å². The van der Waals surface area contributed by atoms with Gasteiger partial charge in [0.1, 0.15) is 0 Å². The van der Waals surface area contributed by atoms with Gasteiger partial charge in [-0.3, -0.25) is 0 Å². The zero-order chi connectivity index (χ0) is 8.27. The highest BCUT2D eigenvalue weighted by atomic mass is 127. The predicted octanol–water partition coefficient (Wildman–Crippen LogP) is 1.45. The molecule has 1 nitrogen and oxygen atoms in total. The maximum atomic E-state index is 8.86. The number of rotatable bonds is 2. The Morgan fingerprint density at radius 2 is 1.91 bits per heavy atom. The fourth-order valence-electron chi connectivity index (χ4n) is 0.911. The maximum Gasteiger partial charge on any atom is 0.0682 e. The Morgan fingerprint density at radius 1 is 1.27 bits per heavy atom. The summed E-state index contributed by atoms with van der Waals surface area (Å²) in [6, 6.07) is 6.90. The SMILES string of the molecule is OCc1cc(I)cc(C[Si])c1. The van der Waals surface area contributed by atoms with E-state index in [2.05, 4.69) is 38.9 Å². The average molecular weight is 275 g/mol. The van der Waals surface area contributed by atoms with Gasteiger partial charge in [-0.2, -0.15) is 0 Å². The molecule has 1 rings (SSSR count). The molecule has 0 saturated heterocycles. The average Bonchev–Trinajstić information content (AvgIpc) is 2.03. The van der Waals surface area contributed by atoms with Crippen molar-refractivity contribution in [1.29, 1.82) is 0 Å². The molecule has 0 aliphatic heterocycles. The van der Waals surface area contributed by atoms with Gasteiger partial charge in [-0.1, -0.05) is 6.07 Å². The van der Waals surface area contributed by atoms with E-state index in [1.54, 1.807) is 0 Å². The molecule has 0 spiro atoms. The fourth-order valence-corrected chi connectivity index (χ4v) is 1.91. The normalized spacial score (nSPS) is 10.1. The number of hydrogen-bond donors (Lipinski definition) is 1. The largest absolute Gasteiger partial charge is 0.392 e. The van der Waals surface area contributed by atoms with Gasteiger partial charge in [0.05, 0.1) is 6.61 Å². The molecule has 0 amide bonds. The van der Waals surface area contributed by atoms with Crippen molar-refractivity contribution in [2.24, 2.45) is 0 Å². The summed E-state index contributed by atoms with van der Waals surface area (Å²) in [5.74, 6) is 0. The smallest absolute Gasteiger partial charge is 0.0682 e. The Hall–Kier alpha value is 0.127. The Balaban J connectivity index is 3.02. The van der Waals surface area contributed by atoms with Crippen LogP contribution in [-0.2, 0) is 12.7 Å². The standard InChI is InChI=1S/C8H8IOSi/c9-8-2-6(4-10)1-7(3-8)5-11/h1-3,10H,4-5H2. The molecule has 0 aliphatic carbocycles. The third-order valence-corrected chi connectivity index (χ3v) is 2.44. The highest BCUT2D eigenvalue weighted by Crippen LogP contribution is 2.12. The lowest BCUT2D eigenvalue weighted by molar-refractivity contribution is 0.281. The molecule has 0 aromatic heterocycles. The lowest BCUT2D eigenvalue weighted by atomic mass is 10.1. The Morgan fingerprint density at radius 3 is 2.45 bits per heavy atom. The van der Waals surface area contributed by atoms with Crippen LogP contribution in [0.3, 0.4) is 0 Å². The number of hydrogen-bond acceptors (Lipinski definition) is 1. The second kappa shape index (κ2) is 4.23. The summed E-state index contributed by atoms with van der Waals surface area (Å²) in [6.07, 6.45) is 0. The van der Waals surface area contributed by atoms with Gasteiger partial charge in [-0.05, 0) is 51.9 Å². The van der Waals surface area contributed by atoms with E-state index in [1.165, 1.54) is 9.13 Å². The molecule has 1 aromatic rings. The van der Waals surface area contributed by atoms with E-state index >= 15 is 0 Å². The lowest BCUT2D eigenvalue weighted by Gasteiger charge is -2.01. The van der Waals surface area contributed by atoms with Crippen molar-refractivity contribution >= 4 is 32.8 Å². The van der Waals surface area contributed by atoms with Gasteiger partial charge >= 0.3 is 0 Å². The van der Waals surface area contributed by atoms with Crippen LogP contribution in [0, 0.1) is 3.57 Å². The topological polar surface area (TPSA) is 20.2 Å². The molecular weight excluding hydrogens is 267 g/mol. The molecule has 0 bridgehead atoms. The predicted molar refractivity (Wildman–Crippen MR) is 54.5 cm³/mol. The highest BCUT2D eigenvalue weighted by Gasteiger charge is 1.95. The molecule has 3 heteroatoms. The van der Waals surface area contributed by atoms with Crippen LogP contribution in [0.1, 0.15) is 11.1 Å². The van der Waals surface area contributed by atoms with Gasteiger partial charge in [0.25, 0.3) is 0 Å². The van der Waals surface area contributed by atoms with Crippen LogP contribution >= 0.6 is 22.6 Å². The summed E-state index contributed by atoms with van der Waals surface area (Å²) in [5, 5.41) is 8.86. The fraction of sp³-hybridized carbons (Fsp3) is 0.250. The van der Waals surface area contributed by atoms with Gasteiger partial charge in [0, 0.05) is 13.8 Å². The molecule has 0 aliphatic rings. The number of benzene rings is 1. The molecular formula is C8H8IOSi. The van der Waals surface area contributed by atoms with Gasteiger partial charge in [0.2, 0.25) is 0 Å². The number of halogens is 1. The molecule has 0 fully saturated rings. The summed E-state index contributed by atoms with van der Waals surface area (Å²) in [7, 11) is 3.42. The van der Waals surface area contributed by atoms with Crippen molar-refractivity contribution in [3.05, 3.63) is 32.9 Å². The molecule has 0 atom stereocenters. The van der Waals surface area contributed by atoms with Gasteiger partial charge in [0.15, 0.2) is 0 Å². The first-order valence-electron chi connectivity index (χ1n) is 3.30. The minimum Gasteiger partial charge on any atom is -0.392 e. The second-order valence-electron chi connectivity index (χ2n) is 2.30. The molecule has 0 unspecified atom stereocenters. The summed E-state index contributed by atoms with van der Waals surface area (Å²) >= 11 is 2.25. The van der Waals surface area contributed by atoms with Crippen molar-refractivity contribution in [2.75, 3.05) is 0 Å². The van der Waals surface area contributed by atoms with Crippen molar-refractivity contribution in [3.8, 4) is 0 Å². The van der Waals surface area contributed by atoms with E-state index in [1.807, 2.05) is 12.1 Å². The minimum absolute atomic E-state index is 0.121. The van der Waals surface area contributed by atoms with Crippen LogP contribution in [0.15, 0.2) is 18.2 Å². The molecule has 0 heterocycles.